The van der Waals surface area contributed by atoms with Gasteiger partial charge >= 0.3 is 0 Å². The lowest BCUT2D eigenvalue weighted by atomic mass is 10.1. The van der Waals surface area contributed by atoms with Gasteiger partial charge in [-0.2, -0.15) is 0 Å². The Morgan fingerprint density at radius 3 is 2.78 bits per heavy atom. The topological polar surface area (TPSA) is 64.3 Å². The average Bonchev–Trinajstić information content (AvgIpc) is 2.36. The molecule has 0 bridgehead atoms. The Kier molecular flexibility index (Phi) is 5.22. The highest BCUT2D eigenvalue weighted by Gasteiger charge is 2.10. The number of ether oxygens (including phenoxy) is 1. The molecule has 0 saturated heterocycles. The number of anilines is 1. The fraction of sp³-hybridized carbons (Fsp3) is 0.357. The van der Waals surface area contributed by atoms with Crippen LogP contribution >= 0.6 is 0 Å². The molecule has 0 aliphatic heterocycles. The van der Waals surface area contributed by atoms with E-state index in [2.05, 4.69) is 17.2 Å². The van der Waals surface area contributed by atoms with Crippen LogP contribution in [0.15, 0.2) is 18.2 Å². The van der Waals surface area contributed by atoms with Gasteiger partial charge in [0.2, 0.25) is 5.91 Å². The first-order chi connectivity index (χ1) is 8.58. The minimum Gasteiger partial charge on any atom is -0.495 e. The largest absolute Gasteiger partial charge is 0.495 e. The van der Waals surface area contributed by atoms with Gasteiger partial charge in [0.25, 0.3) is 0 Å². The Morgan fingerprint density at radius 1 is 1.50 bits per heavy atom. The number of nitrogens with two attached hydrogens (primary N) is 1. The van der Waals surface area contributed by atoms with E-state index in [1.54, 1.807) is 19.2 Å². The molecule has 0 radical (unpaired) electrons. The van der Waals surface area contributed by atoms with Gasteiger partial charge in [-0.15, -0.1) is 0 Å². The van der Waals surface area contributed by atoms with Crippen molar-refractivity contribution in [3.05, 3.63) is 23.8 Å². The number of carbonyl (C=O) groups is 1. The first-order valence-electron chi connectivity index (χ1n) is 5.76. The van der Waals surface area contributed by atoms with Crippen LogP contribution in [0.25, 0.3) is 0 Å². The van der Waals surface area contributed by atoms with E-state index < -0.39 is 0 Å². The van der Waals surface area contributed by atoms with Crippen LogP contribution in [-0.4, -0.2) is 19.6 Å². The lowest BCUT2D eigenvalue weighted by molar-refractivity contribution is -0.118. The fourth-order valence-electron chi connectivity index (χ4n) is 1.31. The van der Waals surface area contributed by atoms with Crippen LogP contribution in [0.4, 0.5) is 5.69 Å². The molecular formula is C14H18N2O2. The molecule has 0 atom stereocenters. The van der Waals surface area contributed by atoms with Crippen LogP contribution in [0.2, 0.25) is 0 Å². The SMILES string of the molecule is COc1ccc(C#CCN)cc1NC(=O)C(C)C. The highest BCUT2D eigenvalue weighted by molar-refractivity contribution is 5.93. The third-order valence-electron chi connectivity index (χ3n) is 2.32. The molecule has 96 valence electrons. The summed E-state index contributed by atoms with van der Waals surface area (Å²) >= 11 is 0. The summed E-state index contributed by atoms with van der Waals surface area (Å²) in [6.45, 7) is 3.97. The summed E-state index contributed by atoms with van der Waals surface area (Å²) in [6.07, 6.45) is 0. The number of rotatable bonds is 3. The molecule has 0 aromatic heterocycles. The van der Waals surface area contributed by atoms with E-state index in [0.29, 0.717) is 18.0 Å². The Labute approximate surface area is 108 Å². The molecular weight excluding hydrogens is 228 g/mol. The van der Waals surface area contributed by atoms with Crippen LogP contribution in [0.3, 0.4) is 0 Å². The minimum atomic E-state index is -0.0894. The highest BCUT2D eigenvalue weighted by atomic mass is 16.5. The van der Waals surface area contributed by atoms with Gasteiger partial charge in [-0.05, 0) is 18.2 Å². The first-order valence-corrected chi connectivity index (χ1v) is 5.76. The maximum Gasteiger partial charge on any atom is 0.227 e. The van der Waals surface area contributed by atoms with Crippen LogP contribution < -0.4 is 15.8 Å². The summed E-state index contributed by atoms with van der Waals surface area (Å²) < 4.78 is 5.20. The van der Waals surface area contributed by atoms with E-state index in [-0.39, 0.29) is 11.8 Å². The molecule has 0 aliphatic rings. The molecule has 1 rings (SSSR count). The molecule has 3 N–H and O–H groups in total. The van der Waals surface area contributed by atoms with Gasteiger partial charge in [0.05, 0.1) is 19.3 Å². The molecule has 1 amide bonds. The van der Waals surface area contributed by atoms with Crippen LogP contribution in [0, 0.1) is 17.8 Å². The predicted molar refractivity (Wildman–Crippen MR) is 72.4 cm³/mol. The molecule has 0 spiro atoms. The van der Waals surface area contributed by atoms with Gasteiger partial charge in [-0.1, -0.05) is 25.7 Å². The molecule has 0 aliphatic carbocycles. The Hall–Kier alpha value is -1.99. The van der Waals surface area contributed by atoms with Crippen molar-refractivity contribution < 1.29 is 9.53 Å². The monoisotopic (exact) mass is 246 g/mol. The third kappa shape index (κ3) is 3.79. The van der Waals surface area contributed by atoms with E-state index in [1.165, 1.54) is 0 Å². The molecule has 0 unspecified atom stereocenters. The molecule has 1 aromatic rings. The molecule has 0 heterocycles. The van der Waals surface area contributed by atoms with Gasteiger partial charge in [-0.3, -0.25) is 4.79 Å². The zero-order valence-electron chi connectivity index (χ0n) is 10.9. The van der Waals surface area contributed by atoms with Gasteiger partial charge in [0, 0.05) is 11.5 Å². The van der Waals surface area contributed by atoms with E-state index in [4.69, 9.17) is 10.5 Å². The molecule has 1 aromatic carbocycles. The van der Waals surface area contributed by atoms with Gasteiger partial charge in [0.1, 0.15) is 5.75 Å². The summed E-state index contributed by atoms with van der Waals surface area (Å²) in [4.78, 5) is 11.7. The summed E-state index contributed by atoms with van der Waals surface area (Å²) in [6, 6.07) is 5.38. The zero-order chi connectivity index (χ0) is 13.5. The normalized spacial score (nSPS) is 9.61. The maximum absolute atomic E-state index is 11.7. The Balaban J connectivity index is 3.02. The Bertz CT molecular complexity index is 484. The molecule has 0 saturated carbocycles. The number of hydrogen-bond donors (Lipinski definition) is 2. The van der Waals surface area contributed by atoms with Crippen molar-refractivity contribution in [1.82, 2.24) is 0 Å². The second-order valence-electron chi connectivity index (χ2n) is 4.06. The number of hydrogen-bond acceptors (Lipinski definition) is 3. The van der Waals surface area contributed by atoms with Crippen molar-refractivity contribution in [1.29, 1.82) is 0 Å². The average molecular weight is 246 g/mol. The third-order valence-corrected chi connectivity index (χ3v) is 2.32. The van der Waals surface area contributed by atoms with Crippen molar-refractivity contribution in [2.75, 3.05) is 19.0 Å². The van der Waals surface area contributed by atoms with Crippen molar-refractivity contribution in [3.63, 3.8) is 0 Å². The second kappa shape index (κ2) is 6.67. The molecule has 0 fully saturated rings. The highest BCUT2D eigenvalue weighted by Crippen LogP contribution is 2.25. The van der Waals surface area contributed by atoms with Gasteiger partial charge in [0.15, 0.2) is 0 Å². The van der Waals surface area contributed by atoms with Crippen LogP contribution in [0.5, 0.6) is 5.75 Å². The second-order valence-corrected chi connectivity index (χ2v) is 4.06. The number of amides is 1. The number of benzene rings is 1. The van der Waals surface area contributed by atoms with E-state index in [0.717, 1.165) is 5.56 Å². The fourth-order valence-corrected chi connectivity index (χ4v) is 1.31. The summed E-state index contributed by atoms with van der Waals surface area (Å²) in [5.74, 6) is 6.15. The smallest absolute Gasteiger partial charge is 0.227 e. The Morgan fingerprint density at radius 2 is 2.22 bits per heavy atom. The van der Waals surface area contributed by atoms with Gasteiger partial charge in [-0.25, -0.2) is 0 Å². The van der Waals surface area contributed by atoms with Crippen molar-refractivity contribution in [3.8, 4) is 17.6 Å². The minimum absolute atomic E-state index is 0.0581. The molecule has 4 heteroatoms. The summed E-state index contributed by atoms with van der Waals surface area (Å²) in [5, 5.41) is 2.81. The number of carbonyl (C=O) groups excluding carboxylic acids is 1. The van der Waals surface area contributed by atoms with E-state index >= 15 is 0 Å². The van der Waals surface area contributed by atoms with Crippen LogP contribution in [-0.2, 0) is 4.79 Å². The molecule has 18 heavy (non-hydrogen) atoms. The maximum atomic E-state index is 11.7. The first kappa shape index (κ1) is 14.1. The number of nitrogens with one attached hydrogen (secondary N) is 1. The van der Waals surface area contributed by atoms with Crippen LogP contribution in [0.1, 0.15) is 19.4 Å². The van der Waals surface area contributed by atoms with Gasteiger partial charge < -0.3 is 15.8 Å². The molecule has 4 nitrogen and oxygen atoms in total. The zero-order valence-corrected chi connectivity index (χ0v) is 10.9. The van der Waals surface area contributed by atoms with E-state index in [1.807, 2.05) is 19.9 Å². The quantitative estimate of drug-likeness (QED) is 0.796. The van der Waals surface area contributed by atoms with E-state index in [9.17, 15) is 4.79 Å². The van der Waals surface area contributed by atoms with Crippen molar-refractivity contribution >= 4 is 11.6 Å². The number of methoxy groups -OCH3 is 1. The summed E-state index contributed by atoms with van der Waals surface area (Å²) in [7, 11) is 1.56. The van der Waals surface area contributed by atoms with Crippen molar-refractivity contribution in [2.45, 2.75) is 13.8 Å². The van der Waals surface area contributed by atoms with Crippen molar-refractivity contribution in [2.24, 2.45) is 11.7 Å². The predicted octanol–water partition coefficient (Wildman–Crippen LogP) is 1.60. The lowest BCUT2D eigenvalue weighted by Crippen LogP contribution is -2.18. The summed E-state index contributed by atoms with van der Waals surface area (Å²) in [5.41, 5.74) is 6.74. The lowest BCUT2D eigenvalue weighted by Gasteiger charge is -2.12. The standard InChI is InChI=1S/C14H18N2O2/c1-10(2)14(17)16-12-9-11(5-4-8-15)6-7-13(12)18-3/h6-7,9-10H,8,15H2,1-3H3,(H,16,17).